The third-order valence-electron chi connectivity index (χ3n) is 5.00. The number of hydrogen-bond acceptors (Lipinski definition) is 5. The summed E-state index contributed by atoms with van der Waals surface area (Å²) in [6.45, 7) is 7.33. The first kappa shape index (κ1) is 25.3. The maximum absolute atomic E-state index is 12.4. The van der Waals surface area contributed by atoms with E-state index < -0.39 is 10.0 Å². The highest BCUT2D eigenvalue weighted by atomic mass is 127. The van der Waals surface area contributed by atoms with Crippen LogP contribution in [0.5, 0.6) is 0 Å². The van der Waals surface area contributed by atoms with E-state index in [0.717, 1.165) is 37.4 Å². The Labute approximate surface area is 186 Å². The Hall–Kier alpha value is 0.220. The van der Waals surface area contributed by atoms with Gasteiger partial charge in [-0.15, -0.1) is 24.0 Å². The quantitative estimate of drug-likeness (QED) is 0.279. The molecule has 2 saturated heterocycles. The van der Waals surface area contributed by atoms with Gasteiger partial charge in [0.05, 0.1) is 5.75 Å². The average molecular weight is 534 g/mol. The smallest absolute Gasteiger partial charge is 0.215 e. The summed E-state index contributed by atoms with van der Waals surface area (Å²) in [5.74, 6) is 2.62. The van der Waals surface area contributed by atoms with Crippen molar-refractivity contribution in [2.45, 2.75) is 38.6 Å². The van der Waals surface area contributed by atoms with Crippen molar-refractivity contribution in [2.75, 3.05) is 63.6 Å². The molecule has 2 aliphatic heterocycles. The number of likely N-dealkylation sites (tertiary alicyclic amines) is 1. The van der Waals surface area contributed by atoms with Gasteiger partial charge in [0, 0.05) is 57.3 Å². The Kier molecular flexibility index (Phi) is 12.6. The van der Waals surface area contributed by atoms with Crippen molar-refractivity contribution in [3.05, 3.63) is 0 Å². The lowest BCUT2D eigenvalue weighted by molar-refractivity contribution is 0.203. The normalized spacial score (nSPS) is 20.9. The third-order valence-corrected chi connectivity index (χ3v) is 7.81. The fraction of sp³-hybridized carbons (Fsp3) is 0.941. The van der Waals surface area contributed by atoms with Crippen LogP contribution in [0.1, 0.15) is 32.6 Å². The highest BCUT2D eigenvalue weighted by Gasteiger charge is 2.24. The summed E-state index contributed by atoms with van der Waals surface area (Å²) in [4.78, 5) is 6.78. The van der Waals surface area contributed by atoms with E-state index in [0.29, 0.717) is 31.6 Å². The molecule has 7 nitrogen and oxygen atoms in total. The fourth-order valence-electron chi connectivity index (χ4n) is 3.32. The monoisotopic (exact) mass is 533 g/mol. The van der Waals surface area contributed by atoms with Gasteiger partial charge in [0.25, 0.3) is 0 Å². The first-order chi connectivity index (χ1) is 12.5. The number of aliphatic imine (C=N–C) groups is 1. The summed E-state index contributed by atoms with van der Waals surface area (Å²) >= 11 is 1.82. The zero-order valence-corrected chi connectivity index (χ0v) is 20.6. The SMILES string of the molecule is CCCCN1CCC(NC(=NC)NCCS(=O)(=O)N2CCSCC2)CC1.I. The molecule has 0 saturated carbocycles. The van der Waals surface area contributed by atoms with E-state index in [9.17, 15) is 8.42 Å². The van der Waals surface area contributed by atoms with Crippen LogP contribution >= 0.6 is 35.7 Å². The van der Waals surface area contributed by atoms with Crippen molar-refractivity contribution in [2.24, 2.45) is 4.99 Å². The van der Waals surface area contributed by atoms with Crippen LogP contribution in [0.4, 0.5) is 0 Å². The summed E-state index contributed by atoms with van der Waals surface area (Å²) in [7, 11) is -1.43. The largest absolute Gasteiger partial charge is 0.355 e. The van der Waals surface area contributed by atoms with Gasteiger partial charge in [-0.2, -0.15) is 11.8 Å². The van der Waals surface area contributed by atoms with Crippen molar-refractivity contribution < 1.29 is 8.42 Å². The maximum Gasteiger partial charge on any atom is 0.215 e. The van der Waals surface area contributed by atoms with Gasteiger partial charge in [0.15, 0.2) is 5.96 Å². The second kappa shape index (κ2) is 13.4. The molecule has 2 fully saturated rings. The van der Waals surface area contributed by atoms with Gasteiger partial charge >= 0.3 is 0 Å². The van der Waals surface area contributed by atoms with Gasteiger partial charge in [-0.3, -0.25) is 4.99 Å². The molecule has 0 amide bonds. The zero-order chi connectivity index (χ0) is 18.8. The van der Waals surface area contributed by atoms with E-state index >= 15 is 0 Å². The van der Waals surface area contributed by atoms with Gasteiger partial charge in [-0.25, -0.2) is 12.7 Å². The Bertz CT molecular complexity index is 533. The van der Waals surface area contributed by atoms with Crippen molar-refractivity contribution in [1.29, 1.82) is 0 Å². The number of thioether (sulfide) groups is 1. The molecular formula is C17H36IN5O2S2. The number of hydrogen-bond donors (Lipinski definition) is 2. The molecule has 2 aliphatic rings. The molecule has 0 atom stereocenters. The number of guanidine groups is 1. The molecule has 27 heavy (non-hydrogen) atoms. The number of rotatable bonds is 8. The second-order valence-corrected chi connectivity index (χ2v) is 10.3. The molecule has 0 radical (unpaired) electrons. The standard InChI is InChI=1S/C17H35N5O2S2.HI/c1-3-4-8-21-9-5-16(6-10-21)20-17(18-2)19-7-15-26(23,24)22-11-13-25-14-12-22;/h16H,3-15H2,1-2H3,(H2,18,19,20);1H. The first-order valence-corrected chi connectivity index (χ1v) is 12.6. The van der Waals surface area contributed by atoms with Crippen LogP contribution in [0.25, 0.3) is 0 Å². The molecule has 0 unspecified atom stereocenters. The van der Waals surface area contributed by atoms with Gasteiger partial charge < -0.3 is 15.5 Å². The van der Waals surface area contributed by atoms with E-state index in [4.69, 9.17) is 0 Å². The summed E-state index contributed by atoms with van der Waals surface area (Å²) in [5.41, 5.74) is 0. The number of unbranched alkanes of at least 4 members (excludes halogenated alkanes) is 1. The van der Waals surface area contributed by atoms with E-state index in [1.54, 1.807) is 11.4 Å². The van der Waals surface area contributed by atoms with E-state index in [-0.39, 0.29) is 29.7 Å². The van der Waals surface area contributed by atoms with Crippen LogP contribution in [0.2, 0.25) is 0 Å². The molecule has 2 N–H and O–H groups in total. The van der Waals surface area contributed by atoms with E-state index in [2.05, 4.69) is 27.4 Å². The Morgan fingerprint density at radius 3 is 2.44 bits per heavy atom. The summed E-state index contributed by atoms with van der Waals surface area (Å²) < 4.78 is 26.4. The predicted octanol–water partition coefficient (Wildman–Crippen LogP) is 1.41. The van der Waals surface area contributed by atoms with Gasteiger partial charge in [-0.05, 0) is 25.8 Å². The van der Waals surface area contributed by atoms with Crippen LogP contribution in [0, 0.1) is 0 Å². The number of halogens is 1. The number of nitrogens with zero attached hydrogens (tertiary/aromatic N) is 3. The lowest BCUT2D eigenvalue weighted by atomic mass is 10.0. The van der Waals surface area contributed by atoms with Crippen LogP contribution < -0.4 is 10.6 Å². The molecule has 2 heterocycles. The van der Waals surface area contributed by atoms with Gasteiger partial charge in [-0.1, -0.05) is 13.3 Å². The van der Waals surface area contributed by atoms with Crippen LogP contribution in [0.15, 0.2) is 4.99 Å². The minimum absolute atomic E-state index is 0. The average Bonchev–Trinajstić information content (AvgIpc) is 2.67. The van der Waals surface area contributed by atoms with Crippen LogP contribution in [-0.2, 0) is 10.0 Å². The third kappa shape index (κ3) is 9.05. The molecule has 0 aromatic rings. The summed E-state index contributed by atoms with van der Waals surface area (Å²) in [6, 6.07) is 0.412. The molecule has 0 bridgehead atoms. The van der Waals surface area contributed by atoms with Crippen molar-refractivity contribution in [1.82, 2.24) is 19.8 Å². The maximum atomic E-state index is 12.4. The van der Waals surface area contributed by atoms with Crippen LogP contribution in [0.3, 0.4) is 0 Å². The molecule has 10 heteroatoms. The predicted molar refractivity (Wildman–Crippen MR) is 127 cm³/mol. The van der Waals surface area contributed by atoms with Crippen LogP contribution in [-0.4, -0.2) is 93.2 Å². The second-order valence-electron chi connectivity index (χ2n) is 6.94. The highest BCUT2D eigenvalue weighted by molar-refractivity contribution is 14.0. The number of nitrogens with one attached hydrogen (secondary N) is 2. The lowest BCUT2D eigenvalue weighted by Crippen LogP contribution is -2.50. The Morgan fingerprint density at radius 2 is 1.85 bits per heavy atom. The van der Waals surface area contributed by atoms with Crippen molar-refractivity contribution in [3.63, 3.8) is 0 Å². The highest BCUT2D eigenvalue weighted by Crippen LogP contribution is 2.13. The fourth-order valence-corrected chi connectivity index (χ4v) is 5.81. The lowest BCUT2D eigenvalue weighted by Gasteiger charge is -2.33. The number of piperidine rings is 1. The molecule has 160 valence electrons. The summed E-state index contributed by atoms with van der Waals surface area (Å²) in [6.07, 6.45) is 4.72. The minimum atomic E-state index is -3.17. The Morgan fingerprint density at radius 1 is 1.19 bits per heavy atom. The minimum Gasteiger partial charge on any atom is -0.355 e. The Balaban J connectivity index is 0.00000364. The van der Waals surface area contributed by atoms with Gasteiger partial charge in [0.2, 0.25) is 10.0 Å². The van der Waals surface area contributed by atoms with Crippen molar-refractivity contribution in [3.8, 4) is 0 Å². The zero-order valence-electron chi connectivity index (χ0n) is 16.7. The molecular weight excluding hydrogens is 497 g/mol. The van der Waals surface area contributed by atoms with E-state index in [1.807, 2.05) is 11.8 Å². The number of sulfonamides is 1. The molecule has 0 spiro atoms. The summed E-state index contributed by atoms with van der Waals surface area (Å²) in [5, 5.41) is 6.62. The molecule has 0 aromatic heterocycles. The molecule has 0 aliphatic carbocycles. The van der Waals surface area contributed by atoms with Crippen molar-refractivity contribution >= 4 is 51.7 Å². The topological polar surface area (TPSA) is 77.0 Å². The van der Waals surface area contributed by atoms with Gasteiger partial charge in [0.1, 0.15) is 0 Å². The van der Waals surface area contributed by atoms with E-state index in [1.165, 1.54) is 19.4 Å². The molecule has 0 aromatic carbocycles. The molecule has 2 rings (SSSR count). The first-order valence-electron chi connectivity index (χ1n) is 9.80.